The fourth-order valence-electron chi connectivity index (χ4n) is 16.6. The number of aliphatic hydroxyl groups excluding tert-OH is 1. The predicted octanol–water partition coefficient (Wildman–Crippen LogP) is 9.17. The van der Waals surface area contributed by atoms with Crippen LogP contribution in [0.2, 0.25) is 0 Å². The van der Waals surface area contributed by atoms with Gasteiger partial charge in [0, 0.05) is 110 Å². The number of phenols is 2. The van der Waals surface area contributed by atoms with Crippen LogP contribution in [-0.4, -0.2) is 174 Å². The number of hydrogen-bond acceptors (Lipinski definition) is 24. The standard InChI is InChI=1S/C39H40N4O8.C38H41N3O9.Ag.HNO3/c1-6-14-48-39(46)51-36-22(3)37-38(50-20-49-37)32-25(36)17-27-33-31-24(15-21(2)35(47-5)34(31)45)16-26(42(33)4)28(18-40)43(27)29(32)19-41-30(44)13-12-23-10-8-7-9-11-23;1-6-14-47-38(45)50-34-21(3)35-36(49-19-48-35)30-24(34)17-25-31-29-23(15-20(2)33(46-5)32(29)43)16-26(40(31)4)37(44)41(25)27(30)18-39-28(42)13-12-22-10-8-7-9-11-22;;2-1(3)4/h6-13,15,26-29,33,45H,1,14,16-17,19-20H2,2-5H3,(H,41,44);6-13,15,25-27,31,37,43-44H,1,14,16-19H2,2-5H3,(H,39,42);;(H,2,3,4)/b2*13-12+;;/t26-,27?,28-,29-,33-;25?,26-,27-,31-,37-;;/m00../s1. The molecule has 2 unspecified atom stereocenters. The second-order valence-electron chi connectivity index (χ2n) is 26.5. The maximum Gasteiger partial charge on any atom is 0.514 e. The van der Waals surface area contributed by atoms with Gasteiger partial charge in [-0.05, 0) is 113 Å². The number of benzene rings is 6. The summed E-state index contributed by atoms with van der Waals surface area (Å²) in [5, 5.41) is 66.4. The first-order valence-electron chi connectivity index (χ1n) is 34.1. The normalized spacial score (nSPS) is 22.3. The van der Waals surface area contributed by atoms with E-state index in [4.69, 9.17) is 62.7 Å². The summed E-state index contributed by atoms with van der Waals surface area (Å²) in [7, 11) is 6.98. The minimum absolute atomic E-state index is 0. The summed E-state index contributed by atoms with van der Waals surface area (Å²) in [6.07, 6.45) is 8.12. The van der Waals surface area contributed by atoms with Crippen molar-refractivity contribution in [3.63, 3.8) is 0 Å². The minimum atomic E-state index is -1.50. The van der Waals surface area contributed by atoms with Crippen LogP contribution in [-0.2, 0) is 67.1 Å². The molecule has 8 aliphatic rings. The summed E-state index contributed by atoms with van der Waals surface area (Å²) in [5.74, 6) is 2.59. The van der Waals surface area contributed by atoms with E-state index in [0.717, 1.165) is 44.5 Å². The summed E-state index contributed by atoms with van der Waals surface area (Å²) in [6, 6.07) is 21.5. The smallest absolute Gasteiger partial charge is 0.504 e. The number of ether oxygens (including phenoxy) is 10. The van der Waals surface area contributed by atoms with Crippen molar-refractivity contribution in [1.29, 1.82) is 5.26 Å². The van der Waals surface area contributed by atoms with E-state index < -0.39 is 65.9 Å². The van der Waals surface area contributed by atoms with Gasteiger partial charge in [0.25, 0.3) is 5.09 Å². The number of aromatic hydroxyl groups is 2. The van der Waals surface area contributed by atoms with Gasteiger partial charge in [0.15, 0.2) is 46.0 Å². The Morgan fingerprint density at radius 1 is 0.623 bits per heavy atom. The monoisotopic (exact) mass is 1550 g/mol. The van der Waals surface area contributed by atoms with Crippen molar-refractivity contribution in [2.45, 2.75) is 114 Å². The molecule has 2 amide bonds. The van der Waals surface area contributed by atoms with Gasteiger partial charge >= 0.3 is 12.3 Å². The molecule has 28 nitrogen and oxygen atoms in total. The summed E-state index contributed by atoms with van der Waals surface area (Å²) < 4.78 is 57.6. The Balaban J connectivity index is 0.000000200. The van der Waals surface area contributed by atoms with Crippen LogP contribution in [0, 0.1) is 49.1 Å². The van der Waals surface area contributed by atoms with Crippen LogP contribution in [0.15, 0.2) is 110 Å². The average molecular weight is 1550 g/mol. The van der Waals surface area contributed by atoms with Crippen molar-refractivity contribution in [3.05, 3.63) is 198 Å². The van der Waals surface area contributed by atoms with Crippen LogP contribution >= 0.6 is 0 Å². The predicted molar refractivity (Wildman–Crippen MR) is 379 cm³/mol. The molecule has 2 fully saturated rings. The maximum absolute atomic E-state index is 13.4. The number of phenolic OH excluding ortho intramolecular Hbond substituents is 2. The Morgan fingerprint density at radius 2 is 1.02 bits per heavy atom. The number of likely N-dealkylation sites (N-methyl/N-ethyl adjacent to an activating group) is 2. The Morgan fingerprint density at radius 3 is 1.43 bits per heavy atom. The molecule has 6 N–H and O–H groups in total. The SMILES string of the molecule is C=CCOC(=O)Oc1c(C)c2c(c3c1CC1[C@H]4c5c(cc(C)c(OC)c5O)C[C@@H]([C@H](C#N)N1[C@H]3CNC(=O)/C=C/c1ccccc1)N4C)OCO2.C=CCOC(=O)Oc1c(C)c2c(c3c1CC1[C@H]4c5c(cc(C)c(OC)c5O)C[C@@H]([C@H](O)N1[C@H]3CNC(=O)/C=C/c1ccccc1)N4C)OCO2.O=[N+]([O-])O.[Ag]. The van der Waals surface area contributed by atoms with Gasteiger partial charge in [-0.15, -0.1) is 10.1 Å². The number of amides is 2. The quantitative estimate of drug-likeness (QED) is 0.00999. The number of methoxy groups -OCH3 is 2. The fraction of sp³-hybridized carbons (Fsp3) is 0.364. The van der Waals surface area contributed by atoms with E-state index in [9.17, 15) is 39.8 Å². The summed E-state index contributed by atoms with van der Waals surface area (Å²) in [5.41, 5.74) is 10.4. The molecule has 6 aromatic rings. The Hall–Kier alpha value is -10.6. The molecule has 10 atom stereocenters. The summed E-state index contributed by atoms with van der Waals surface area (Å²) in [6.45, 7) is 14.6. The zero-order valence-electron chi connectivity index (χ0n) is 59.5. The van der Waals surface area contributed by atoms with E-state index in [-0.39, 0.29) is 109 Å². The molecule has 1 radical (unpaired) electrons. The van der Waals surface area contributed by atoms with Gasteiger partial charge < -0.3 is 78.5 Å². The molecule has 2 saturated heterocycles. The van der Waals surface area contributed by atoms with Crippen molar-refractivity contribution >= 4 is 36.3 Å². The number of piperazine rings is 2. The molecule has 561 valence electrons. The maximum atomic E-state index is 13.4. The van der Waals surface area contributed by atoms with Crippen LogP contribution < -0.4 is 48.5 Å². The second-order valence-corrected chi connectivity index (χ2v) is 26.5. The molecule has 8 heterocycles. The molecule has 0 spiro atoms. The Kier molecular flexibility index (Phi) is 23.4. The van der Waals surface area contributed by atoms with Crippen molar-refractivity contribution in [3.8, 4) is 63.6 Å². The summed E-state index contributed by atoms with van der Waals surface area (Å²) in [4.78, 5) is 69.3. The number of carbonyl (C=O) groups excluding carboxylic acids is 4. The van der Waals surface area contributed by atoms with E-state index in [2.05, 4.69) is 44.6 Å². The van der Waals surface area contributed by atoms with Gasteiger partial charge in [0.2, 0.25) is 25.4 Å². The molecule has 0 aliphatic carbocycles. The molecule has 0 aromatic heterocycles. The van der Waals surface area contributed by atoms with E-state index >= 15 is 0 Å². The third-order valence-corrected chi connectivity index (χ3v) is 20.8. The van der Waals surface area contributed by atoms with E-state index in [1.807, 2.05) is 106 Å². The first-order valence-corrected chi connectivity index (χ1v) is 34.1. The first-order chi connectivity index (χ1) is 50.5. The minimum Gasteiger partial charge on any atom is -0.504 e. The molecule has 0 saturated carbocycles. The van der Waals surface area contributed by atoms with Crippen LogP contribution in [0.25, 0.3) is 12.2 Å². The van der Waals surface area contributed by atoms with Gasteiger partial charge in [-0.1, -0.05) is 98.1 Å². The molecule has 6 aromatic carbocycles. The average Bonchev–Trinajstić information content (AvgIpc) is 0.916. The topological polar surface area (TPSA) is 345 Å². The number of aliphatic hydroxyl groups is 1. The van der Waals surface area contributed by atoms with Crippen molar-refractivity contribution in [1.82, 2.24) is 30.2 Å². The fourth-order valence-corrected chi connectivity index (χ4v) is 16.6. The molecular formula is C77H82AgN8O20. The van der Waals surface area contributed by atoms with Gasteiger partial charge in [0.05, 0.1) is 50.5 Å². The molecule has 8 aliphatic heterocycles. The van der Waals surface area contributed by atoms with E-state index in [1.165, 1.54) is 38.5 Å². The molecular weight excluding hydrogens is 1460 g/mol. The van der Waals surface area contributed by atoms with Crippen LogP contribution in [0.3, 0.4) is 0 Å². The molecule has 106 heavy (non-hydrogen) atoms. The van der Waals surface area contributed by atoms with Gasteiger partial charge in [-0.3, -0.25) is 29.2 Å². The third-order valence-electron chi connectivity index (χ3n) is 20.8. The molecule has 4 bridgehead atoms. The number of hydrogen-bond donors (Lipinski definition) is 6. The number of aryl methyl sites for hydroxylation is 2. The number of carbonyl (C=O) groups is 4. The zero-order chi connectivity index (χ0) is 74.8. The number of rotatable bonds is 16. The van der Waals surface area contributed by atoms with E-state index in [1.54, 1.807) is 26.0 Å². The Labute approximate surface area is 627 Å². The largest absolute Gasteiger partial charge is 0.514 e. The van der Waals surface area contributed by atoms with Crippen molar-refractivity contribution < 1.29 is 115 Å². The van der Waals surface area contributed by atoms with Crippen molar-refractivity contribution in [2.75, 3.05) is 68.2 Å². The molecule has 14 rings (SSSR count). The Bertz CT molecular complexity index is 4530. The number of fused-ring (bicyclic) bond motifs is 18. The zero-order valence-corrected chi connectivity index (χ0v) is 60.9. The van der Waals surface area contributed by atoms with Crippen LogP contribution in [0.1, 0.15) is 102 Å². The molecule has 29 heteroatoms. The number of nitrogens with one attached hydrogen (secondary N) is 2. The van der Waals surface area contributed by atoms with Crippen LogP contribution in [0.5, 0.6) is 57.5 Å². The van der Waals surface area contributed by atoms with Crippen molar-refractivity contribution in [2.24, 2.45) is 0 Å². The van der Waals surface area contributed by atoms with Gasteiger partial charge in [-0.2, -0.15) is 5.26 Å². The van der Waals surface area contributed by atoms with Gasteiger partial charge in [0.1, 0.15) is 37.0 Å². The van der Waals surface area contributed by atoms with Crippen LogP contribution in [0.4, 0.5) is 9.59 Å². The number of nitrogens with zero attached hydrogens (tertiary/aromatic N) is 6. The van der Waals surface area contributed by atoms with E-state index in [0.29, 0.717) is 93.6 Å². The third kappa shape index (κ3) is 14.4. The second kappa shape index (κ2) is 32.4. The van der Waals surface area contributed by atoms with Gasteiger partial charge in [-0.25, -0.2) is 9.59 Å². The first kappa shape index (κ1) is 76.5. The number of nitriles is 1. The summed E-state index contributed by atoms with van der Waals surface area (Å²) >= 11 is 0.